The van der Waals surface area contributed by atoms with Gasteiger partial charge in [-0.2, -0.15) is 0 Å². The number of nitrogens with zero attached hydrogens (tertiary/aromatic N) is 1. The average molecular weight is 212 g/mol. The Balaban J connectivity index is 2.23. The molecule has 0 saturated carbocycles. The number of rotatable bonds is 1. The van der Waals surface area contributed by atoms with Gasteiger partial charge in [-0.25, -0.2) is 4.39 Å². The molecule has 0 aliphatic rings. The van der Waals surface area contributed by atoms with Gasteiger partial charge < -0.3 is 4.98 Å². The number of benzene rings is 1. The van der Waals surface area contributed by atoms with Crippen molar-refractivity contribution in [3.63, 3.8) is 0 Å². The van der Waals surface area contributed by atoms with Crippen LogP contribution in [-0.2, 0) is 0 Å². The zero-order valence-electron chi connectivity index (χ0n) is 8.44. The molecule has 0 unspecified atom stereocenters. The molecule has 3 heteroatoms. The standard InChI is InChI=1S/C13H9FN2/c14-11-5-1-3-9-7-12(16-13(9)11)10-4-2-6-15-8-10/h1-8,16H. The van der Waals surface area contributed by atoms with Crippen LogP contribution in [0.3, 0.4) is 0 Å². The Kier molecular flexibility index (Phi) is 1.96. The maximum Gasteiger partial charge on any atom is 0.147 e. The molecular weight excluding hydrogens is 203 g/mol. The minimum atomic E-state index is -0.229. The highest BCUT2D eigenvalue weighted by Gasteiger charge is 2.06. The predicted octanol–water partition coefficient (Wildman–Crippen LogP) is 3.37. The van der Waals surface area contributed by atoms with Gasteiger partial charge in [0.05, 0.1) is 5.52 Å². The number of nitrogens with one attached hydrogen (secondary N) is 1. The molecule has 0 amide bonds. The zero-order chi connectivity index (χ0) is 11.0. The summed E-state index contributed by atoms with van der Waals surface area (Å²) in [6, 6.07) is 10.8. The summed E-state index contributed by atoms with van der Waals surface area (Å²) >= 11 is 0. The van der Waals surface area contributed by atoms with Gasteiger partial charge in [-0.3, -0.25) is 4.98 Å². The first-order valence-corrected chi connectivity index (χ1v) is 5.02. The Hall–Kier alpha value is -2.16. The Morgan fingerprint density at radius 2 is 2.06 bits per heavy atom. The minimum Gasteiger partial charge on any atom is -0.352 e. The number of halogens is 1. The lowest BCUT2D eigenvalue weighted by Gasteiger charge is -1.94. The molecule has 0 saturated heterocycles. The molecule has 0 bridgehead atoms. The van der Waals surface area contributed by atoms with Crippen LogP contribution in [0.2, 0.25) is 0 Å². The highest BCUT2D eigenvalue weighted by atomic mass is 19.1. The van der Waals surface area contributed by atoms with E-state index in [1.807, 2.05) is 24.3 Å². The van der Waals surface area contributed by atoms with Crippen LogP contribution >= 0.6 is 0 Å². The van der Waals surface area contributed by atoms with Crippen molar-refractivity contribution in [2.75, 3.05) is 0 Å². The summed E-state index contributed by atoms with van der Waals surface area (Å²) < 4.78 is 13.5. The fraction of sp³-hybridized carbons (Fsp3) is 0. The number of aromatic amines is 1. The van der Waals surface area contributed by atoms with E-state index in [1.165, 1.54) is 6.07 Å². The molecular formula is C13H9FN2. The lowest BCUT2D eigenvalue weighted by molar-refractivity contribution is 0.637. The molecule has 0 spiro atoms. The SMILES string of the molecule is Fc1cccc2cc(-c3cccnc3)[nH]c12. The molecule has 0 atom stereocenters. The molecule has 1 N–H and O–H groups in total. The quantitative estimate of drug-likeness (QED) is 0.658. The molecule has 0 radical (unpaired) electrons. The molecule has 0 fully saturated rings. The number of hydrogen-bond donors (Lipinski definition) is 1. The topological polar surface area (TPSA) is 28.7 Å². The van der Waals surface area contributed by atoms with Crippen molar-refractivity contribution >= 4 is 10.9 Å². The van der Waals surface area contributed by atoms with Crippen molar-refractivity contribution in [2.24, 2.45) is 0 Å². The van der Waals surface area contributed by atoms with Gasteiger partial charge in [0.25, 0.3) is 0 Å². The lowest BCUT2D eigenvalue weighted by Crippen LogP contribution is -1.79. The Labute approximate surface area is 91.8 Å². The summed E-state index contributed by atoms with van der Waals surface area (Å²) in [6.45, 7) is 0. The van der Waals surface area contributed by atoms with E-state index >= 15 is 0 Å². The van der Waals surface area contributed by atoms with E-state index < -0.39 is 0 Å². The number of pyridine rings is 1. The fourth-order valence-corrected chi connectivity index (χ4v) is 1.80. The number of para-hydroxylation sites is 1. The van der Waals surface area contributed by atoms with Gasteiger partial charge in [-0.05, 0) is 24.3 Å². The van der Waals surface area contributed by atoms with Crippen LogP contribution in [0.5, 0.6) is 0 Å². The van der Waals surface area contributed by atoms with Crippen LogP contribution in [0.4, 0.5) is 4.39 Å². The Morgan fingerprint density at radius 1 is 1.12 bits per heavy atom. The van der Waals surface area contributed by atoms with Crippen LogP contribution in [0, 0.1) is 5.82 Å². The Morgan fingerprint density at radius 3 is 2.81 bits per heavy atom. The average Bonchev–Trinajstić information content (AvgIpc) is 2.76. The van der Waals surface area contributed by atoms with Crippen LogP contribution in [0.1, 0.15) is 0 Å². The van der Waals surface area contributed by atoms with Crippen molar-refractivity contribution in [3.8, 4) is 11.3 Å². The van der Waals surface area contributed by atoms with Gasteiger partial charge in [-0.1, -0.05) is 12.1 Å². The maximum absolute atomic E-state index is 13.5. The molecule has 16 heavy (non-hydrogen) atoms. The fourth-order valence-electron chi connectivity index (χ4n) is 1.80. The van der Waals surface area contributed by atoms with Gasteiger partial charge in [0.15, 0.2) is 0 Å². The normalized spacial score (nSPS) is 10.8. The molecule has 3 aromatic rings. The monoisotopic (exact) mass is 212 g/mol. The van der Waals surface area contributed by atoms with Gasteiger partial charge in [0.2, 0.25) is 0 Å². The second-order valence-electron chi connectivity index (χ2n) is 3.63. The lowest BCUT2D eigenvalue weighted by atomic mass is 10.2. The van der Waals surface area contributed by atoms with Gasteiger partial charge in [0.1, 0.15) is 5.82 Å². The summed E-state index contributed by atoms with van der Waals surface area (Å²) in [7, 11) is 0. The van der Waals surface area contributed by atoms with Gasteiger partial charge in [0, 0.05) is 29.0 Å². The number of hydrogen-bond acceptors (Lipinski definition) is 1. The molecule has 78 valence electrons. The second kappa shape index (κ2) is 3.45. The van der Waals surface area contributed by atoms with E-state index in [-0.39, 0.29) is 5.82 Å². The summed E-state index contributed by atoms with van der Waals surface area (Å²) in [6.07, 6.45) is 3.47. The molecule has 2 aromatic heterocycles. The summed E-state index contributed by atoms with van der Waals surface area (Å²) in [5, 5.41) is 0.874. The van der Waals surface area contributed by atoms with E-state index in [2.05, 4.69) is 9.97 Å². The summed E-state index contributed by atoms with van der Waals surface area (Å²) in [5.41, 5.74) is 2.38. The highest BCUT2D eigenvalue weighted by molar-refractivity contribution is 5.86. The highest BCUT2D eigenvalue weighted by Crippen LogP contribution is 2.24. The molecule has 2 heterocycles. The molecule has 1 aromatic carbocycles. The summed E-state index contributed by atoms with van der Waals surface area (Å²) in [4.78, 5) is 7.11. The van der Waals surface area contributed by atoms with Crippen molar-refractivity contribution in [1.29, 1.82) is 0 Å². The second-order valence-corrected chi connectivity index (χ2v) is 3.63. The Bertz CT molecular complexity index is 629. The molecule has 3 rings (SSSR count). The van der Waals surface area contributed by atoms with E-state index in [9.17, 15) is 4.39 Å². The molecule has 0 aliphatic carbocycles. The predicted molar refractivity (Wildman–Crippen MR) is 61.5 cm³/mol. The smallest absolute Gasteiger partial charge is 0.147 e. The van der Waals surface area contributed by atoms with Crippen LogP contribution in [0.25, 0.3) is 22.2 Å². The van der Waals surface area contributed by atoms with E-state index in [0.29, 0.717) is 5.52 Å². The largest absolute Gasteiger partial charge is 0.352 e. The molecule has 2 nitrogen and oxygen atoms in total. The number of fused-ring (bicyclic) bond motifs is 1. The van der Waals surface area contributed by atoms with Gasteiger partial charge >= 0.3 is 0 Å². The van der Waals surface area contributed by atoms with Crippen molar-refractivity contribution in [1.82, 2.24) is 9.97 Å². The maximum atomic E-state index is 13.5. The van der Waals surface area contributed by atoms with Gasteiger partial charge in [-0.15, -0.1) is 0 Å². The summed E-state index contributed by atoms with van der Waals surface area (Å²) in [5.74, 6) is -0.229. The molecule has 0 aliphatic heterocycles. The number of H-pyrrole nitrogens is 1. The van der Waals surface area contributed by atoms with E-state index in [1.54, 1.807) is 18.5 Å². The number of aromatic nitrogens is 2. The van der Waals surface area contributed by atoms with Crippen LogP contribution in [-0.4, -0.2) is 9.97 Å². The third kappa shape index (κ3) is 1.37. The van der Waals surface area contributed by atoms with E-state index in [0.717, 1.165) is 16.6 Å². The van der Waals surface area contributed by atoms with E-state index in [4.69, 9.17) is 0 Å². The minimum absolute atomic E-state index is 0.229. The van der Waals surface area contributed by atoms with Crippen LogP contribution in [0.15, 0.2) is 48.8 Å². The van der Waals surface area contributed by atoms with Crippen LogP contribution < -0.4 is 0 Å². The van der Waals surface area contributed by atoms with Crippen molar-refractivity contribution in [2.45, 2.75) is 0 Å². The third-order valence-electron chi connectivity index (χ3n) is 2.58. The zero-order valence-corrected chi connectivity index (χ0v) is 8.44. The van der Waals surface area contributed by atoms with Crippen molar-refractivity contribution in [3.05, 3.63) is 54.6 Å². The first kappa shape index (κ1) is 9.09. The first-order chi connectivity index (χ1) is 7.84. The first-order valence-electron chi connectivity index (χ1n) is 5.02. The van der Waals surface area contributed by atoms with Crippen molar-refractivity contribution < 1.29 is 4.39 Å². The third-order valence-corrected chi connectivity index (χ3v) is 2.58.